The number of hydrogen-bond donors (Lipinski definition) is 0. The van der Waals surface area contributed by atoms with Crippen molar-refractivity contribution in [2.45, 2.75) is 49.6 Å². The Labute approximate surface area is 106 Å². The summed E-state index contributed by atoms with van der Waals surface area (Å²) in [5.74, 6) is 1.07. The van der Waals surface area contributed by atoms with E-state index in [0.717, 1.165) is 6.42 Å². The van der Waals surface area contributed by atoms with Crippen LogP contribution in [0.1, 0.15) is 32.6 Å². The molecule has 0 N–H and O–H groups in total. The van der Waals surface area contributed by atoms with E-state index < -0.39 is 9.84 Å². The molecule has 1 saturated carbocycles. The van der Waals surface area contributed by atoms with Crippen LogP contribution in [0.3, 0.4) is 0 Å². The Bertz CT molecular complexity index is 337. The highest BCUT2D eigenvalue weighted by molar-refractivity contribution is 9.09. The van der Waals surface area contributed by atoms with Gasteiger partial charge in [0.2, 0.25) is 0 Å². The van der Waals surface area contributed by atoms with Crippen molar-refractivity contribution < 1.29 is 13.2 Å². The Morgan fingerprint density at radius 2 is 2.06 bits per heavy atom. The normalized spacial score (nSPS) is 35.9. The summed E-state index contributed by atoms with van der Waals surface area (Å²) in [6, 6.07) is 0. The first kappa shape index (κ1) is 12.8. The number of alkyl halides is 1. The molecule has 94 valence electrons. The van der Waals surface area contributed by atoms with Crippen LogP contribution in [-0.4, -0.2) is 37.0 Å². The van der Waals surface area contributed by atoms with Gasteiger partial charge in [0.05, 0.1) is 28.5 Å². The smallest absolute Gasteiger partial charge is 0.154 e. The summed E-state index contributed by atoms with van der Waals surface area (Å²) in [5, 5.41) is 0. The van der Waals surface area contributed by atoms with E-state index in [1.165, 1.54) is 19.3 Å². The molecular formula is C11H19BrO3S. The number of hydrogen-bond acceptors (Lipinski definition) is 3. The zero-order chi connectivity index (χ0) is 11.8. The first-order chi connectivity index (χ1) is 7.52. The molecule has 1 heterocycles. The number of sulfone groups is 1. The van der Waals surface area contributed by atoms with Gasteiger partial charge in [-0.3, -0.25) is 0 Å². The molecule has 3 nitrogen and oxygen atoms in total. The summed E-state index contributed by atoms with van der Waals surface area (Å²) < 4.78 is 28.9. The van der Waals surface area contributed by atoms with Gasteiger partial charge in [-0.15, -0.1) is 0 Å². The van der Waals surface area contributed by atoms with E-state index in [4.69, 9.17) is 4.74 Å². The van der Waals surface area contributed by atoms with E-state index in [0.29, 0.717) is 5.92 Å². The molecule has 0 bridgehead atoms. The predicted molar refractivity (Wildman–Crippen MR) is 67.7 cm³/mol. The highest BCUT2D eigenvalue weighted by Crippen LogP contribution is 2.35. The molecule has 1 aliphatic heterocycles. The van der Waals surface area contributed by atoms with Crippen molar-refractivity contribution >= 4 is 25.8 Å². The van der Waals surface area contributed by atoms with Crippen LogP contribution >= 0.6 is 15.9 Å². The van der Waals surface area contributed by atoms with Crippen LogP contribution in [0.15, 0.2) is 0 Å². The van der Waals surface area contributed by atoms with Crippen molar-refractivity contribution in [2.24, 2.45) is 5.92 Å². The van der Waals surface area contributed by atoms with Gasteiger partial charge in [0, 0.05) is 0 Å². The van der Waals surface area contributed by atoms with Gasteiger partial charge in [-0.1, -0.05) is 29.3 Å². The number of rotatable bonds is 4. The van der Waals surface area contributed by atoms with Crippen LogP contribution in [0.25, 0.3) is 0 Å². The molecule has 0 radical (unpaired) electrons. The van der Waals surface area contributed by atoms with Gasteiger partial charge in [-0.25, -0.2) is 8.42 Å². The zero-order valence-electron chi connectivity index (χ0n) is 9.56. The first-order valence-electron chi connectivity index (χ1n) is 6.02. The van der Waals surface area contributed by atoms with E-state index in [2.05, 4.69) is 22.9 Å². The van der Waals surface area contributed by atoms with Crippen molar-refractivity contribution in [1.82, 2.24) is 0 Å². The van der Waals surface area contributed by atoms with Crippen LogP contribution in [0, 0.1) is 5.92 Å². The molecule has 2 rings (SSSR count). The van der Waals surface area contributed by atoms with E-state index in [1.807, 2.05) is 0 Å². The standard InChI is InChI=1S/C11H19BrO3S/c1-2-10(8-4-3-5-8)15-11-7-16(13,14)6-9(11)12/h8-11H,2-7H2,1H3. The lowest BCUT2D eigenvalue weighted by Crippen LogP contribution is -2.35. The lowest BCUT2D eigenvalue weighted by atomic mass is 9.80. The highest BCUT2D eigenvalue weighted by atomic mass is 79.9. The minimum atomic E-state index is -2.88. The Morgan fingerprint density at radius 1 is 1.38 bits per heavy atom. The molecule has 2 aliphatic rings. The maximum Gasteiger partial charge on any atom is 0.154 e. The molecule has 0 spiro atoms. The second kappa shape index (κ2) is 4.94. The minimum Gasteiger partial charge on any atom is -0.372 e. The quantitative estimate of drug-likeness (QED) is 0.747. The van der Waals surface area contributed by atoms with Crippen molar-refractivity contribution in [3.8, 4) is 0 Å². The topological polar surface area (TPSA) is 43.4 Å². The fraction of sp³-hybridized carbons (Fsp3) is 1.00. The summed E-state index contributed by atoms with van der Waals surface area (Å²) in [6.07, 6.45) is 4.88. The Hall–Kier alpha value is 0.390. The molecule has 3 unspecified atom stereocenters. The second-order valence-corrected chi connectivity index (χ2v) is 8.24. The van der Waals surface area contributed by atoms with Crippen LogP contribution in [0.5, 0.6) is 0 Å². The fourth-order valence-electron chi connectivity index (χ4n) is 2.47. The summed E-state index contributed by atoms with van der Waals surface area (Å²) in [4.78, 5) is -0.0216. The largest absolute Gasteiger partial charge is 0.372 e. The molecular weight excluding hydrogens is 292 g/mol. The molecule has 16 heavy (non-hydrogen) atoms. The molecule has 0 aromatic heterocycles. The third-order valence-corrected chi connectivity index (χ3v) is 6.71. The molecule has 0 aromatic rings. The van der Waals surface area contributed by atoms with Gasteiger partial charge < -0.3 is 4.74 Å². The molecule has 2 fully saturated rings. The van der Waals surface area contributed by atoms with Crippen molar-refractivity contribution in [3.05, 3.63) is 0 Å². The maximum atomic E-state index is 11.5. The van der Waals surface area contributed by atoms with Gasteiger partial charge >= 0.3 is 0 Å². The van der Waals surface area contributed by atoms with E-state index in [9.17, 15) is 8.42 Å². The summed E-state index contributed by atoms with van der Waals surface area (Å²) in [7, 11) is -2.88. The minimum absolute atomic E-state index is 0.0216. The van der Waals surface area contributed by atoms with Gasteiger partial charge in [0.25, 0.3) is 0 Å². The maximum absolute atomic E-state index is 11.5. The average molecular weight is 311 g/mol. The lowest BCUT2D eigenvalue weighted by molar-refractivity contribution is -0.0499. The van der Waals surface area contributed by atoms with E-state index in [-0.39, 0.29) is 28.5 Å². The average Bonchev–Trinajstić information content (AvgIpc) is 2.35. The lowest BCUT2D eigenvalue weighted by Gasteiger charge is -2.35. The molecule has 3 atom stereocenters. The van der Waals surface area contributed by atoms with Gasteiger partial charge in [0.1, 0.15) is 0 Å². The van der Waals surface area contributed by atoms with Crippen molar-refractivity contribution in [1.29, 1.82) is 0 Å². The van der Waals surface area contributed by atoms with Crippen LogP contribution in [-0.2, 0) is 14.6 Å². The van der Waals surface area contributed by atoms with Crippen LogP contribution in [0.2, 0.25) is 0 Å². The molecule has 1 saturated heterocycles. The first-order valence-corrected chi connectivity index (χ1v) is 8.75. The Morgan fingerprint density at radius 3 is 2.44 bits per heavy atom. The number of ether oxygens (including phenoxy) is 1. The van der Waals surface area contributed by atoms with E-state index >= 15 is 0 Å². The molecule has 0 amide bonds. The Kier molecular flexibility index (Phi) is 3.97. The SMILES string of the molecule is CCC(OC1CS(=O)(=O)CC1Br)C1CCC1. The van der Waals surface area contributed by atoms with Crippen molar-refractivity contribution in [3.63, 3.8) is 0 Å². The number of halogens is 1. The Balaban J connectivity index is 1.93. The van der Waals surface area contributed by atoms with E-state index in [1.54, 1.807) is 0 Å². The third kappa shape index (κ3) is 2.79. The predicted octanol–water partition coefficient (Wildman–Crippen LogP) is 2.14. The van der Waals surface area contributed by atoms with Gasteiger partial charge in [-0.2, -0.15) is 0 Å². The monoisotopic (exact) mass is 310 g/mol. The van der Waals surface area contributed by atoms with Crippen molar-refractivity contribution in [2.75, 3.05) is 11.5 Å². The van der Waals surface area contributed by atoms with Crippen LogP contribution < -0.4 is 0 Å². The summed E-state index contributed by atoms with van der Waals surface area (Å²) in [5.41, 5.74) is 0. The molecule has 5 heteroatoms. The zero-order valence-corrected chi connectivity index (χ0v) is 12.0. The molecule has 1 aliphatic carbocycles. The summed E-state index contributed by atoms with van der Waals surface area (Å²) >= 11 is 3.42. The third-order valence-electron chi connectivity index (χ3n) is 3.66. The highest BCUT2D eigenvalue weighted by Gasteiger charge is 2.39. The second-order valence-electron chi connectivity index (χ2n) is 4.91. The summed E-state index contributed by atoms with van der Waals surface area (Å²) in [6.45, 7) is 2.12. The fourth-order valence-corrected chi connectivity index (χ4v) is 5.89. The van der Waals surface area contributed by atoms with Gasteiger partial charge in [0.15, 0.2) is 9.84 Å². The van der Waals surface area contributed by atoms with Crippen LogP contribution in [0.4, 0.5) is 0 Å². The molecule has 0 aromatic carbocycles. The van der Waals surface area contributed by atoms with Gasteiger partial charge in [-0.05, 0) is 25.2 Å².